The maximum atomic E-state index is 6.86. The standard InChI is InChI=1S/C56H57N4O/c1-36-28-41(56(9,10)11)29-37(2)53(36)38-26-27-57-52(30-38)58-48-21-13-12-20-46(48)47-24-23-45(34-49(47)58)61-44-19-15-18-43(33-44)60-35-59(60,42-17-14-16-39(31-42)54(3,4)5)50-25-22-40(32-51(50)60)55(6,7)8/h12-35H,1-11H3/q+1/t59-,60?/m0/s1. The number of aryl methyl sites for hydroxylation is 2. The molecule has 1 unspecified atom stereocenters. The van der Waals surface area contributed by atoms with Gasteiger partial charge in [-0.2, -0.15) is 9.18 Å². The van der Waals surface area contributed by atoms with Crippen LogP contribution >= 0.6 is 0 Å². The van der Waals surface area contributed by atoms with Crippen LogP contribution in [0.5, 0.6) is 11.5 Å². The zero-order valence-electron chi connectivity index (χ0n) is 37.6. The molecule has 5 heteroatoms. The van der Waals surface area contributed by atoms with Crippen LogP contribution in [0, 0.1) is 20.5 Å². The van der Waals surface area contributed by atoms with Gasteiger partial charge in [0.15, 0.2) is 18.0 Å². The van der Waals surface area contributed by atoms with E-state index >= 15 is 0 Å². The molecule has 2 aromatic heterocycles. The molecule has 2 atom stereocenters. The highest BCUT2D eigenvalue weighted by atomic mass is 16.5. The van der Waals surface area contributed by atoms with Crippen LogP contribution < -0.4 is 13.9 Å². The molecule has 61 heavy (non-hydrogen) atoms. The molecule has 0 bridgehead atoms. The van der Waals surface area contributed by atoms with E-state index in [0.717, 1.165) is 39.3 Å². The Hall–Kier alpha value is -6.01. The first-order valence-corrected chi connectivity index (χ1v) is 21.7. The van der Waals surface area contributed by atoms with Crippen molar-refractivity contribution in [3.8, 4) is 28.4 Å². The molecule has 0 spiro atoms. The Kier molecular flexibility index (Phi) is 8.50. The van der Waals surface area contributed by atoms with E-state index in [1.807, 2.05) is 6.20 Å². The van der Waals surface area contributed by atoms with Gasteiger partial charge in [0.2, 0.25) is 11.4 Å². The molecule has 5 nitrogen and oxygen atoms in total. The van der Waals surface area contributed by atoms with Crippen molar-refractivity contribution in [3.05, 3.63) is 174 Å². The zero-order chi connectivity index (χ0) is 42.9. The highest BCUT2D eigenvalue weighted by molar-refractivity contribution is 6.09. The summed E-state index contributed by atoms with van der Waals surface area (Å²) < 4.78 is 10.4. The van der Waals surface area contributed by atoms with Crippen molar-refractivity contribution in [2.75, 3.05) is 0 Å². The third-order valence-electron chi connectivity index (χ3n) is 13.2. The van der Waals surface area contributed by atoms with Crippen LogP contribution in [0.3, 0.4) is 0 Å². The van der Waals surface area contributed by atoms with Gasteiger partial charge in [0.05, 0.1) is 11.0 Å². The highest BCUT2D eigenvalue weighted by Crippen LogP contribution is 2.75. The summed E-state index contributed by atoms with van der Waals surface area (Å²) in [4.78, 5) is 5.00. The van der Waals surface area contributed by atoms with Gasteiger partial charge in [-0.25, -0.2) is 4.98 Å². The Morgan fingerprint density at radius 3 is 1.85 bits per heavy atom. The third-order valence-corrected chi connectivity index (χ3v) is 13.2. The Balaban J connectivity index is 1.05. The maximum Gasteiger partial charge on any atom is 0.225 e. The normalized spacial score (nSPS) is 18.5. The van der Waals surface area contributed by atoms with E-state index < -0.39 is 0 Å². The van der Waals surface area contributed by atoms with Gasteiger partial charge < -0.3 is 4.74 Å². The number of quaternary nitrogens is 2. The molecule has 1 saturated heterocycles. The Morgan fingerprint density at radius 2 is 1.13 bits per heavy atom. The minimum absolute atomic E-state index is 0.0327. The second-order valence-corrected chi connectivity index (χ2v) is 20.5. The summed E-state index contributed by atoms with van der Waals surface area (Å²) in [5.74, 6) is 2.46. The molecule has 6 aromatic carbocycles. The number of aromatic nitrogens is 2. The number of hydrogen-bond donors (Lipinski definition) is 0. The van der Waals surface area contributed by atoms with Crippen LogP contribution in [0.15, 0.2) is 140 Å². The summed E-state index contributed by atoms with van der Waals surface area (Å²) in [6, 6.07) is 49.1. The van der Waals surface area contributed by atoms with E-state index in [1.165, 1.54) is 61.5 Å². The molecule has 8 aromatic rings. The fourth-order valence-electron chi connectivity index (χ4n) is 9.85. The van der Waals surface area contributed by atoms with Crippen LogP contribution in [0.25, 0.3) is 38.8 Å². The van der Waals surface area contributed by atoms with Gasteiger partial charge >= 0.3 is 0 Å². The van der Waals surface area contributed by atoms with E-state index in [2.05, 4.69) is 221 Å². The average molecular weight is 802 g/mol. The van der Waals surface area contributed by atoms with Gasteiger partial charge in [0, 0.05) is 59.4 Å². The molecule has 0 saturated carbocycles. The first-order chi connectivity index (χ1) is 28.9. The molecular weight excluding hydrogens is 745 g/mol. The van der Waals surface area contributed by atoms with Crippen LogP contribution in [-0.4, -0.2) is 9.55 Å². The zero-order valence-corrected chi connectivity index (χ0v) is 37.6. The Bertz CT molecular complexity index is 3050. The summed E-state index contributed by atoms with van der Waals surface area (Å²) >= 11 is 0. The van der Waals surface area contributed by atoms with Crippen molar-refractivity contribution in [1.82, 2.24) is 18.7 Å². The molecule has 306 valence electrons. The summed E-state index contributed by atoms with van der Waals surface area (Å²) in [6.07, 6.45) is 1.95. The second kappa shape index (κ2) is 13.2. The number of para-hydroxylation sites is 1. The predicted octanol–water partition coefficient (Wildman–Crippen LogP) is 15.5. The van der Waals surface area contributed by atoms with Crippen molar-refractivity contribution in [3.63, 3.8) is 0 Å². The number of nitrogens with zero attached hydrogens (tertiary/aromatic N) is 4. The summed E-state index contributed by atoms with van der Waals surface area (Å²) in [5, 5.41) is 2.35. The number of rotatable bonds is 6. The van der Waals surface area contributed by atoms with Crippen molar-refractivity contribution in [2.24, 2.45) is 0 Å². The number of benzene rings is 6. The highest BCUT2D eigenvalue weighted by Gasteiger charge is 2.78. The van der Waals surface area contributed by atoms with Crippen molar-refractivity contribution in [1.29, 1.82) is 0 Å². The van der Waals surface area contributed by atoms with Gasteiger partial charge in [-0.05, 0) is 105 Å². The van der Waals surface area contributed by atoms with E-state index in [1.54, 1.807) is 0 Å². The molecule has 0 N–H and O–H groups in total. The van der Waals surface area contributed by atoms with E-state index in [0.29, 0.717) is 9.18 Å². The number of ether oxygens (including phenoxy) is 1. The molecule has 1 fully saturated rings. The largest absolute Gasteiger partial charge is 0.457 e. The topological polar surface area (TPSA) is 27.1 Å². The molecule has 0 amide bonds. The molecule has 4 heterocycles. The Morgan fingerprint density at radius 1 is 0.508 bits per heavy atom. The minimum atomic E-state index is 0.0327. The lowest BCUT2D eigenvalue weighted by Gasteiger charge is -2.41. The smallest absolute Gasteiger partial charge is 0.225 e. The van der Waals surface area contributed by atoms with E-state index in [4.69, 9.17) is 9.72 Å². The lowest BCUT2D eigenvalue weighted by Crippen LogP contribution is -2.46. The lowest BCUT2D eigenvalue weighted by atomic mass is 9.83. The van der Waals surface area contributed by atoms with Crippen LogP contribution in [-0.2, 0) is 16.2 Å². The van der Waals surface area contributed by atoms with Crippen LogP contribution in [0.2, 0.25) is 0 Å². The van der Waals surface area contributed by atoms with Crippen LogP contribution in [0.4, 0.5) is 22.7 Å². The first kappa shape index (κ1) is 39.1. The average Bonchev–Trinajstić information content (AvgIpc) is 3.70. The molecular formula is C56H57N4O+. The van der Waals surface area contributed by atoms with Crippen molar-refractivity contribution in [2.45, 2.75) is 92.4 Å². The summed E-state index contributed by atoms with van der Waals surface area (Å²) in [6.45, 7) is 27.5. The van der Waals surface area contributed by atoms with Crippen LogP contribution in [0.1, 0.15) is 90.1 Å². The summed E-state index contributed by atoms with van der Waals surface area (Å²) in [7, 11) is 0. The fourth-order valence-corrected chi connectivity index (χ4v) is 9.85. The molecule has 10 rings (SSSR count). The third kappa shape index (κ3) is 6.00. The van der Waals surface area contributed by atoms with Crippen molar-refractivity contribution < 1.29 is 4.74 Å². The predicted molar refractivity (Wildman–Crippen MR) is 256 cm³/mol. The number of pyridine rings is 1. The Labute approximate surface area is 361 Å². The number of fused-ring (bicyclic) bond motifs is 7. The van der Waals surface area contributed by atoms with Gasteiger partial charge in [-0.3, -0.25) is 4.57 Å². The quantitative estimate of drug-likeness (QED) is 0.0951. The SMILES string of the molecule is Cc1cc(C(C)(C)C)cc(C)c1-c1ccnc(-n2c3ccccc3c3ccc(Oc4cccc([N+]56[CH-][N@+]5(c5cccc(C(C)(C)C)c5)c5ccc(C(C)(C)C)cc56)c4)cc32)c1. The van der Waals surface area contributed by atoms with E-state index in [-0.39, 0.29) is 16.2 Å². The number of hydrogen-bond acceptors (Lipinski definition) is 2. The van der Waals surface area contributed by atoms with Gasteiger partial charge in [-0.15, -0.1) is 0 Å². The van der Waals surface area contributed by atoms with Gasteiger partial charge in [0.1, 0.15) is 17.3 Å². The monoisotopic (exact) mass is 801 g/mol. The van der Waals surface area contributed by atoms with Gasteiger partial charge in [0.25, 0.3) is 0 Å². The van der Waals surface area contributed by atoms with Crippen molar-refractivity contribution >= 4 is 44.6 Å². The molecule has 0 aliphatic carbocycles. The fraction of sp³-hybridized carbons (Fsp3) is 0.250. The second-order valence-electron chi connectivity index (χ2n) is 20.5. The van der Waals surface area contributed by atoms with E-state index in [9.17, 15) is 0 Å². The molecule has 2 aliphatic heterocycles. The molecule has 0 radical (unpaired) electrons. The first-order valence-electron chi connectivity index (χ1n) is 21.7. The van der Waals surface area contributed by atoms with Gasteiger partial charge in [-0.1, -0.05) is 117 Å². The lowest BCUT2D eigenvalue weighted by molar-refractivity contribution is 0.421. The maximum absolute atomic E-state index is 6.86. The molecule has 2 aliphatic rings. The minimum Gasteiger partial charge on any atom is -0.457 e. The summed E-state index contributed by atoms with van der Waals surface area (Å²) in [5.41, 5.74) is 16.4.